The molecule has 5 N–H and O–H groups in total. The molecule has 1 unspecified atom stereocenters. The molecule has 0 aromatic carbocycles. The van der Waals surface area contributed by atoms with Crippen LogP contribution in [0.1, 0.15) is 12.8 Å². The molecule has 82 valence electrons. The monoisotopic (exact) mass is 204 g/mol. The van der Waals surface area contributed by atoms with Crippen molar-refractivity contribution in [2.24, 2.45) is 5.73 Å². The highest BCUT2D eigenvalue weighted by atomic mass is 16.3. The van der Waals surface area contributed by atoms with E-state index in [4.69, 9.17) is 15.9 Å². The van der Waals surface area contributed by atoms with Crippen molar-refractivity contribution in [3.05, 3.63) is 0 Å². The Balaban J connectivity index is 3.69. The molecular weight excluding hydrogens is 188 g/mol. The number of hydrogen-bond acceptors (Lipinski definition) is 5. The molecule has 0 radical (unpaired) electrons. The van der Waals surface area contributed by atoms with Crippen LogP contribution in [0.15, 0.2) is 0 Å². The lowest BCUT2D eigenvalue weighted by atomic mass is 10.2. The number of hydrogen-bond donors (Lipinski definition) is 4. The van der Waals surface area contributed by atoms with E-state index in [0.717, 1.165) is 0 Å². The van der Waals surface area contributed by atoms with Crippen LogP contribution in [0.4, 0.5) is 0 Å². The summed E-state index contributed by atoms with van der Waals surface area (Å²) in [6, 6.07) is -1.28. The molecule has 14 heavy (non-hydrogen) atoms. The number of carbonyl (C=O) groups excluding carboxylic acids is 2. The fourth-order valence-electron chi connectivity index (χ4n) is 0.815. The molecule has 1 atom stereocenters. The van der Waals surface area contributed by atoms with Gasteiger partial charge in [0.05, 0.1) is 25.3 Å². The standard InChI is InChI=1S/C8H16N2O4/c9-6(3-11)1-2-8(14)10-7(4-12)5-13/h3,6-7,12-13H,1-2,4-5,9H2,(H,10,14). The van der Waals surface area contributed by atoms with Crippen LogP contribution in [0, 0.1) is 0 Å². The van der Waals surface area contributed by atoms with Gasteiger partial charge in [-0.15, -0.1) is 0 Å². The minimum atomic E-state index is -0.644. The van der Waals surface area contributed by atoms with E-state index < -0.39 is 12.1 Å². The van der Waals surface area contributed by atoms with Gasteiger partial charge in [-0.25, -0.2) is 0 Å². The first kappa shape index (κ1) is 13.0. The van der Waals surface area contributed by atoms with Crippen LogP contribution < -0.4 is 11.1 Å². The Kier molecular flexibility index (Phi) is 6.91. The lowest BCUT2D eigenvalue weighted by Gasteiger charge is -2.13. The number of amides is 1. The van der Waals surface area contributed by atoms with Gasteiger partial charge in [-0.2, -0.15) is 0 Å². The van der Waals surface area contributed by atoms with Gasteiger partial charge in [-0.1, -0.05) is 0 Å². The Morgan fingerprint density at radius 3 is 2.43 bits per heavy atom. The Morgan fingerprint density at radius 1 is 1.43 bits per heavy atom. The normalized spacial score (nSPS) is 12.6. The molecule has 0 fully saturated rings. The highest BCUT2D eigenvalue weighted by Gasteiger charge is 2.10. The molecule has 0 heterocycles. The second-order valence-corrected chi connectivity index (χ2v) is 2.97. The zero-order valence-corrected chi connectivity index (χ0v) is 7.85. The van der Waals surface area contributed by atoms with E-state index in [1.54, 1.807) is 0 Å². The maximum atomic E-state index is 11.1. The van der Waals surface area contributed by atoms with Crippen molar-refractivity contribution >= 4 is 12.2 Å². The maximum absolute atomic E-state index is 11.1. The lowest BCUT2D eigenvalue weighted by Crippen LogP contribution is -2.40. The number of nitrogens with two attached hydrogens (primary N) is 1. The van der Waals surface area contributed by atoms with Gasteiger partial charge in [0.1, 0.15) is 6.29 Å². The minimum absolute atomic E-state index is 0.108. The molecule has 0 aliphatic rings. The van der Waals surface area contributed by atoms with Crippen LogP contribution in [-0.2, 0) is 9.59 Å². The summed E-state index contributed by atoms with van der Waals surface area (Å²) in [5.41, 5.74) is 5.27. The van der Waals surface area contributed by atoms with E-state index in [0.29, 0.717) is 6.29 Å². The Bertz CT molecular complexity index is 182. The van der Waals surface area contributed by atoms with E-state index in [1.807, 2.05) is 0 Å². The van der Waals surface area contributed by atoms with E-state index >= 15 is 0 Å². The Morgan fingerprint density at radius 2 is 2.00 bits per heavy atom. The van der Waals surface area contributed by atoms with Gasteiger partial charge in [0.15, 0.2) is 0 Å². The van der Waals surface area contributed by atoms with Crippen molar-refractivity contribution in [1.82, 2.24) is 5.32 Å². The zero-order chi connectivity index (χ0) is 11.0. The average molecular weight is 204 g/mol. The molecule has 0 rings (SSSR count). The van der Waals surface area contributed by atoms with Crippen LogP contribution >= 0.6 is 0 Å². The fraction of sp³-hybridized carbons (Fsp3) is 0.750. The number of aliphatic hydroxyl groups excluding tert-OH is 2. The number of rotatable bonds is 7. The van der Waals surface area contributed by atoms with Crippen LogP contribution in [-0.4, -0.2) is 47.7 Å². The molecule has 6 nitrogen and oxygen atoms in total. The number of carbonyl (C=O) groups is 2. The molecule has 0 aliphatic heterocycles. The van der Waals surface area contributed by atoms with E-state index in [9.17, 15) is 9.59 Å². The van der Waals surface area contributed by atoms with Crippen LogP contribution in [0.2, 0.25) is 0 Å². The van der Waals surface area contributed by atoms with Gasteiger partial charge in [0, 0.05) is 6.42 Å². The number of nitrogens with one attached hydrogen (secondary N) is 1. The quantitative estimate of drug-likeness (QED) is 0.350. The van der Waals surface area contributed by atoms with E-state index in [1.165, 1.54) is 0 Å². The SMILES string of the molecule is NC(C=O)CCC(=O)NC(CO)CO. The molecule has 0 saturated carbocycles. The first-order chi connectivity index (χ1) is 6.63. The summed E-state index contributed by atoms with van der Waals surface area (Å²) in [6.07, 6.45) is 0.943. The molecule has 0 spiro atoms. The second-order valence-electron chi connectivity index (χ2n) is 2.97. The first-order valence-corrected chi connectivity index (χ1v) is 4.36. The molecule has 6 heteroatoms. The van der Waals surface area contributed by atoms with Gasteiger partial charge in [0.25, 0.3) is 0 Å². The summed E-state index contributed by atoms with van der Waals surface area (Å²) in [7, 11) is 0. The average Bonchev–Trinajstić information content (AvgIpc) is 2.22. The Labute approximate surface area is 82.1 Å². The molecule has 0 bridgehead atoms. The third kappa shape index (κ3) is 5.63. The highest BCUT2D eigenvalue weighted by Crippen LogP contribution is 1.93. The van der Waals surface area contributed by atoms with Crippen LogP contribution in [0.25, 0.3) is 0 Å². The summed E-state index contributed by atoms with van der Waals surface area (Å²) in [6.45, 7) is -0.635. The van der Waals surface area contributed by atoms with Crippen molar-refractivity contribution < 1.29 is 19.8 Å². The van der Waals surface area contributed by atoms with Crippen LogP contribution in [0.5, 0.6) is 0 Å². The van der Waals surface area contributed by atoms with Crippen molar-refractivity contribution in [2.45, 2.75) is 24.9 Å². The van der Waals surface area contributed by atoms with Gasteiger partial charge >= 0.3 is 0 Å². The maximum Gasteiger partial charge on any atom is 0.220 e. The molecule has 0 aromatic heterocycles. The topological polar surface area (TPSA) is 113 Å². The van der Waals surface area contributed by atoms with Crippen LogP contribution in [0.3, 0.4) is 0 Å². The third-order valence-corrected chi connectivity index (χ3v) is 1.69. The van der Waals surface area contributed by atoms with Gasteiger partial charge in [0.2, 0.25) is 5.91 Å². The number of aldehydes is 1. The summed E-state index contributed by atoms with van der Waals surface area (Å²) < 4.78 is 0. The first-order valence-electron chi connectivity index (χ1n) is 4.36. The lowest BCUT2D eigenvalue weighted by molar-refractivity contribution is -0.122. The van der Waals surface area contributed by atoms with Crippen molar-refractivity contribution in [1.29, 1.82) is 0 Å². The molecule has 1 amide bonds. The predicted octanol–water partition coefficient (Wildman–Crippen LogP) is -2.24. The second kappa shape index (κ2) is 7.43. The molecule has 0 saturated heterocycles. The van der Waals surface area contributed by atoms with Gasteiger partial charge in [-0.3, -0.25) is 4.79 Å². The molecule has 0 aromatic rings. The van der Waals surface area contributed by atoms with Crippen molar-refractivity contribution in [3.63, 3.8) is 0 Å². The third-order valence-electron chi connectivity index (χ3n) is 1.69. The van der Waals surface area contributed by atoms with Gasteiger partial charge in [-0.05, 0) is 6.42 Å². The van der Waals surface area contributed by atoms with Crippen molar-refractivity contribution in [3.8, 4) is 0 Å². The summed E-state index contributed by atoms with van der Waals surface area (Å²) in [5, 5.41) is 19.7. The van der Waals surface area contributed by atoms with Crippen molar-refractivity contribution in [2.75, 3.05) is 13.2 Å². The molecule has 0 aliphatic carbocycles. The van der Waals surface area contributed by atoms with Gasteiger partial charge < -0.3 is 26.1 Å². The highest BCUT2D eigenvalue weighted by molar-refractivity contribution is 5.76. The summed E-state index contributed by atoms with van der Waals surface area (Å²) >= 11 is 0. The predicted molar refractivity (Wildman–Crippen MR) is 49.4 cm³/mol. The Hall–Kier alpha value is -0.980. The summed E-state index contributed by atoms with van der Waals surface area (Å²) in [5.74, 6) is -0.338. The summed E-state index contributed by atoms with van der Waals surface area (Å²) in [4.78, 5) is 21.2. The van der Waals surface area contributed by atoms with E-state index in [-0.39, 0.29) is 32.0 Å². The number of aliphatic hydroxyl groups is 2. The van der Waals surface area contributed by atoms with E-state index in [2.05, 4.69) is 5.32 Å². The fourth-order valence-corrected chi connectivity index (χ4v) is 0.815. The smallest absolute Gasteiger partial charge is 0.220 e. The largest absolute Gasteiger partial charge is 0.394 e. The minimum Gasteiger partial charge on any atom is -0.394 e. The molecular formula is C8H16N2O4. The zero-order valence-electron chi connectivity index (χ0n) is 7.85.